The van der Waals surface area contributed by atoms with E-state index in [-0.39, 0.29) is 6.04 Å². The molecule has 2 rings (SSSR count). The van der Waals surface area contributed by atoms with E-state index in [4.69, 9.17) is 5.73 Å². The summed E-state index contributed by atoms with van der Waals surface area (Å²) in [5.74, 6) is 0. The molecule has 84 valence electrons. The molecule has 1 heterocycles. The first kappa shape index (κ1) is 11.3. The second-order valence-corrected chi connectivity index (χ2v) is 5.11. The number of rotatable bonds is 3. The van der Waals surface area contributed by atoms with E-state index in [1.807, 2.05) is 11.7 Å². The van der Waals surface area contributed by atoms with Gasteiger partial charge in [-0.25, -0.2) is 0 Å². The fourth-order valence-electron chi connectivity index (χ4n) is 1.83. The Bertz CT molecular complexity index is 463. The highest BCUT2D eigenvalue weighted by Gasteiger charge is 2.10. The van der Waals surface area contributed by atoms with Crippen LogP contribution < -0.4 is 5.73 Å². The summed E-state index contributed by atoms with van der Waals surface area (Å²) in [4.78, 5) is 5.32. The third-order valence-electron chi connectivity index (χ3n) is 2.74. The maximum atomic E-state index is 6.23. The van der Waals surface area contributed by atoms with Gasteiger partial charge in [0.1, 0.15) is 0 Å². The Hall–Kier alpha value is -1.19. The fraction of sp³-hybridized carbons (Fsp3) is 0.308. The normalized spacial score (nSPS) is 12.7. The summed E-state index contributed by atoms with van der Waals surface area (Å²) in [6.07, 6.45) is 2.77. The molecular weight excluding hydrogens is 216 g/mol. The lowest BCUT2D eigenvalue weighted by Crippen LogP contribution is -2.14. The molecule has 0 radical (unpaired) electrons. The lowest BCUT2D eigenvalue weighted by molar-refractivity contribution is 0.723. The lowest BCUT2D eigenvalue weighted by atomic mass is 9.97. The van der Waals surface area contributed by atoms with Crippen molar-refractivity contribution in [1.82, 2.24) is 4.98 Å². The van der Waals surface area contributed by atoms with Gasteiger partial charge in [0.25, 0.3) is 0 Å². The molecule has 2 aromatic rings. The third-order valence-corrected chi connectivity index (χ3v) is 3.54. The van der Waals surface area contributed by atoms with Crippen molar-refractivity contribution >= 4 is 11.3 Å². The van der Waals surface area contributed by atoms with Gasteiger partial charge in [0.05, 0.1) is 5.51 Å². The van der Waals surface area contributed by atoms with Gasteiger partial charge in [-0.05, 0) is 25.0 Å². The Morgan fingerprint density at radius 2 is 2.19 bits per heavy atom. The van der Waals surface area contributed by atoms with Crippen LogP contribution in [0.5, 0.6) is 0 Å². The standard InChI is InChI=1S/C13H16N2S/c1-9-3-4-10(2)12(5-9)13(14)6-11-7-15-8-16-11/h3-5,7-8,13H,6,14H2,1-2H3. The Kier molecular flexibility index (Phi) is 3.36. The summed E-state index contributed by atoms with van der Waals surface area (Å²) in [7, 11) is 0. The van der Waals surface area contributed by atoms with Crippen molar-refractivity contribution in [3.8, 4) is 0 Å². The van der Waals surface area contributed by atoms with Gasteiger partial charge in [-0.1, -0.05) is 23.8 Å². The monoisotopic (exact) mass is 232 g/mol. The van der Waals surface area contributed by atoms with Crippen molar-refractivity contribution in [3.63, 3.8) is 0 Å². The van der Waals surface area contributed by atoms with Gasteiger partial charge in [-0.3, -0.25) is 4.98 Å². The van der Waals surface area contributed by atoms with Crippen LogP contribution in [0.3, 0.4) is 0 Å². The molecule has 0 amide bonds. The number of nitrogens with two attached hydrogens (primary N) is 1. The fourth-order valence-corrected chi connectivity index (χ4v) is 2.48. The number of nitrogens with zero attached hydrogens (tertiary/aromatic N) is 1. The van der Waals surface area contributed by atoms with Gasteiger partial charge in [0.2, 0.25) is 0 Å². The summed E-state index contributed by atoms with van der Waals surface area (Å²) >= 11 is 1.66. The Balaban J connectivity index is 2.20. The molecule has 16 heavy (non-hydrogen) atoms. The first-order valence-electron chi connectivity index (χ1n) is 5.37. The van der Waals surface area contributed by atoms with Crippen molar-refractivity contribution in [2.45, 2.75) is 26.3 Å². The molecule has 0 aliphatic heterocycles. The summed E-state index contributed by atoms with van der Waals surface area (Å²) in [6, 6.07) is 6.51. The Morgan fingerprint density at radius 3 is 2.88 bits per heavy atom. The van der Waals surface area contributed by atoms with Crippen molar-refractivity contribution in [3.05, 3.63) is 51.5 Å². The SMILES string of the molecule is Cc1ccc(C)c(C(N)Cc2cncs2)c1. The number of aryl methyl sites for hydroxylation is 2. The zero-order chi connectivity index (χ0) is 11.5. The summed E-state index contributed by atoms with van der Waals surface area (Å²) in [5.41, 5.74) is 11.9. The molecule has 0 saturated carbocycles. The first-order chi connectivity index (χ1) is 7.66. The van der Waals surface area contributed by atoms with E-state index in [2.05, 4.69) is 37.0 Å². The topological polar surface area (TPSA) is 38.9 Å². The maximum absolute atomic E-state index is 6.23. The smallest absolute Gasteiger partial charge is 0.0794 e. The molecule has 0 fully saturated rings. The van der Waals surface area contributed by atoms with Crippen LogP contribution in [0.2, 0.25) is 0 Å². The van der Waals surface area contributed by atoms with Gasteiger partial charge in [-0.15, -0.1) is 11.3 Å². The highest BCUT2D eigenvalue weighted by Crippen LogP contribution is 2.22. The van der Waals surface area contributed by atoms with Crippen LogP contribution in [0.25, 0.3) is 0 Å². The lowest BCUT2D eigenvalue weighted by Gasteiger charge is -2.14. The van der Waals surface area contributed by atoms with Crippen molar-refractivity contribution in [1.29, 1.82) is 0 Å². The van der Waals surface area contributed by atoms with Crippen LogP contribution in [-0.2, 0) is 6.42 Å². The second-order valence-electron chi connectivity index (χ2n) is 4.14. The molecule has 1 aromatic carbocycles. The van der Waals surface area contributed by atoms with Crippen molar-refractivity contribution < 1.29 is 0 Å². The summed E-state index contributed by atoms with van der Waals surface area (Å²) in [6.45, 7) is 4.21. The number of aromatic nitrogens is 1. The predicted octanol–water partition coefficient (Wildman–Crippen LogP) is 3.00. The van der Waals surface area contributed by atoms with E-state index >= 15 is 0 Å². The maximum Gasteiger partial charge on any atom is 0.0794 e. The van der Waals surface area contributed by atoms with E-state index < -0.39 is 0 Å². The molecule has 2 nitrogen and oxygen atoms in total. The summed E-state index contributed by atoms with van der Waals surface area (Å²) in [5, 5.41) is 0. The Labute approximate surface area is 100 Å². The molecule has 0 aliphatic carbocycles. The molecular formula is C13H16N2S. The van der Waals surface area contributed by atoms with E-state index in [1.54, 1.807) is 11.3 Å². The molecule has 0 saturated heterocycles. The zero-order valence-electron chi connectivity index (χ0n) is 9.60. The zero-order valence-corrected chi connectivity index (χ0v) is 10.4. The average Bonchev–Trinajstić information content (AvgIpc) is 2.74. The van der Waals surface area contributed by atoms with Crippen LogP contribution in [-0.4, -0.2) is 4.98 Å². The predicted molar refractivity (Wildman–Crippen MR) is 68.7 cm³/mol. The van der Waals surface area contributed by atoms with E-state index in [9.17, 15) is 0 Å². The van der Waals surface area contributed by atoms with E-state index in [0.29, 0.717) is 0 Å². The molecule has 1 unspecified atom stereocenters. The van der Waals surface area contributed by atoms with Crippen LogP contribution in [0.4, 0.5) is 0 Å². The molecule has 3 heteroatoms. The van der Waals surface area contributed by atoms with Gasteiger partial charge in [0.15, 0.2) is 0 Å². The molecule has 0 spiro atoms. The number of thiazole rings is 1. The van der Waals surface area contributed by atoms with Crippen molar-refractivity contribution in [2.75, 3.05) is 0 Å². The number of benzene rings is 1. The summed E-state index contributed by atoms with van der Waals surface area (Å²) < 4.78 is 0. The van der Waals surface area contributed by atoms with E-state index in [1.165, 1.54) is 21.6 Å². The minimum atomic E-state index is 0.0698. The first-order valence-corrected chi connectivity index (χ1v) is 6.25. The van der Waals surface area contributed by atoms with Crippen LogP contribution >= 0.6 is 11.3 Å². The number of hydrogen-bond acceptors (Lipinski definition) is 3. The van der Waals surface area contributed by atoms with Crippen LogP contribution in [0.15, 0.2) is 29.9 Å². The molecule has 1 aromatic heterocycles. The average molecular weight is 232 g/mol. The van der Waals surface area contributed by atoms with Gasteiger partial charge >= 0.3 is 0 Å². The van der Waals surface area contributed by atoms with Gasteiger partial charge < -0.3 is 5.73 Å². The van der Waals surface area contributed by atoms with Gasteiger partial charge in [-0.2, -0.15) is 0 Å². The second kappa shape index (κ2) is 4.76. The largest absolute Gasteiger partial charge is 0.324 e. The van der Waals surface area contributed by atoms with Crippen LogP contribution in [0.1, 0.15) is 27.6 Å². The molecule has 2 N–H and O–H groups in total. The quantitative estimate of drug-likeness (QED) is 0.883. The third kappa shape index (κ3) is 2.49. The number of hydrogen-bond donors (Lipinski definition) is 1. The van der Waals surface area contributed by atoms with E-state index in [0.717, 1.165) is 6.42 Å². The Morgan fingerprint density at radius 1 is 1.38 bits per heavy atom. The molecule has 1 atom stereocenters. The van der Waals surface area contributed by atoms with Gasteiger partial charge in [0, 0.05) is 23.5 Å². The minimum Gasteiger partial charge on any atom is -0.324 e. The molecule has 0 aliphatic rings. The highest BCUT2D eigenvalue weighted by molar-refractivity contribution is 7.09. The van der Waals surface area contributed by atoms with Crippen LogP contribution in [0, 0.1) is 13.8 Å². The molecule has 0 bridgehead atoms. The van der Waals surface area contributed by atoms with Crippen molar-refractivity contribution in [2.24, 2.45) is 5.73 Å². The minimum absolute atomic E-state index is 0.0698. The highest BCUT2D eigenvalue weighted by atomic mass is 32.1.